The maximum atomic E-state index is 12.9. The molecule has 6 heteroatoms. The molecule has 0 radical (unpaired) electrons. The average Bonchev–Trinajstić information content (AvgIpc) is 2.73. The molecule has 1 unspecified atom stereocenters. The van der Waals surface area contributed by atoms with E-state index in [4.69, 9.17) is 0 Å². The molecule has 1 aliphatic carbocycles. The van der Waals surface area contributed by atoms with E-state index in [0.717, 1.165) is 34.7 Å². The van der Waals surface area contributed by atoms with Crippen molar-refractivity contribution in [2.24, 2.45) is 0 Å². The largest absolute Gasteiger partial charge is 0.505 e. The van der Waals surface area contributed by atoms with Gasteiger partial charge in [0, 0.05) is 6.07 Å². The van der Waals surface area contributed by atoms with Crippen LogP contribution < -0.4 is 10.9 Å². The van der Waals surface area contributed by atoms with E-state index in [-0.39, 0.29) is 11.7 Å². The van der Waals surface area contributed by atoms with Crippen LogP contribution in [0.2, 0.25) is 0 Å². The number of hydrogen-bond donors (Lipinski definition) is 2. The second-order valence-corrected chi connectivity index (χ2v) is 7.90. The third kappa shape index (κ3) is 3.99. The van der Waals surface area contributed by atoms with Crippen molar-refractivity contribution in [2.75, 3.05) is 0 Å². The minimum Gasteiger partial charge on any atom is -0.505 e. The van der Waals surface area contributed by atoms with Crippen LogP contribution in [0, 0.1) is 6.92 Å². The third-order valence-electron chi connectivity index (χ3n) is 5.59. The van der Waals surface area contributed by atoms with Crippen molar-refractivity contribution in [3.63, 3.8) is 0 Å². The van der Waals surface area contributed by atoms with Crippen LogP contribution in [0.4, 0.5) is 0 Å². The summed E-state index contributed by atoms with van der Waals surface area (Å²) in [6, 6.07) is 14.3. The molecule has 0 saturated heterocycles. The second kappa shape index (κ2) is 8.14. The summed E-state index contributed by atoms with van der Waals surface area (Å²) in [5.74, 6) is -0.960. The summed E-state index contributed by atoms with van der Waals surface area (Å²) >= 11 is 0. The molecule has 30 heavy (non-hydrogen) atoms. The monoisotopic (exact) mass is 403 g/mol. The molecule has 0 saturated carbocycles. The van der Waals surface area contributed by atoms with Gasteiger partial charge in [0.1, 0.15) is 0 Å². The first-order valence-corrected chi connectivity index (χ1v) is 10.3. The van der Waals surface area contributed by atoms with Crippen molar-refractivity contribution in [3.05, 3.63) is 86.8 Å². The Morgan fingerprint density at radius 3 is 2.63 bits per heavy atom. The molecule has 0 spiro atoms. The molecule has 1 amide bonds. The lowest BCUT2D eigenvalue weighted by Gasteiger charge is -2.20. The summed E-state index contributed by atoms with van der Waals surface area (Å²) in [5, 5.41) is 17.2. The van der Waals surface area contributed by atoms with Gasteiger partial charge in [-0.3, -0.25) is 9.59 Å². The van der Waals surface area contributed by atoms with E-state index < -0.39 is 17.2 Å². The van der Waals surface area contributed by atoms with Crippen LogP contribution >= 0.6 is 0 Å². The van der Waals surface area contributed by atoms with Crippen LogP contribution in [0.3, 0.4) is 0 Å². The molecule has 154 valence electrons. The van der Waals surface area contributed by atoms with Crippen LogP contribution in [-0.2, 0) is 12.8 Å². The molecular formula is C24H25N3O3. The summed E-state index contributed by atoms with van der Waals surface area (Å²) in [4.78, 5) is 25.2. The summed E-state index contributed by atoms with van der Waals surface area (Å²) in [7, 11) is 0. The topological polar surface area (TPSA) is 84.2 Å². The highest BCUT2D eigenvalue weighted by molar-refractivity contribution is 5.94. The number of benzene rings is 2. The van der Waals surface area contributed by atoms with Crippen LogP contribution in [0.25, 0.3) is 5.69 Å². The maximum Gasteiger partial charge on any atom is 0.276 e. The highest BCUT2D eigenvalue weighted by Gasteiger charge is 2.20. The normalized spacial score (nSPS) is 14.1. The molecule has 2 N–H and O–H groups in total. The molecule has 4 rings (SSSR count). The lowest BCUT2D eigenvalue weighted by Crippen LogP contribution is -2.31. The Hall–Kier alpha value is -3.41. The molecule has 1 aromatic heterocycles. The molecule has 1 aliphatic rings. The lowest BCUT2D eigenvalue weighted by atomic mass is 9.89. The predicted molar refractivity (Wildman–Crippen MR) is 115 cm³/mol. The Morgan fingerprint density at radius 1 is 1.10 bits per heavy atom. The Labute approximate surface area is 175 Å². The SMILES string of the molecule is Cc1cccc(-n2nc(C(=O)NC(C)c3ccc4c(c3)CCCC4)c(O)cc2=O)c1. The Bertz CT molecular complexity index is 1170. The standard InChI is InChI=1S/C24H25N3O3/c1-15-6-5-9-20(12-15)27-22(29)14-21(28)23(26-27)24(30)25-16(2)18-11-10-17-7-3-4-8-19(17)13-18/h5-6,9-14,16,28H,3-4,7-8H2,1-2H3,(H,25,30). The van der Waals surface area contributed by atoms with E-state index in [2.05, 4.69) is 22.5 Å². The molecule has 3 aromatic rings. The number of rotatable bonds is 4. The molecule has 0 bridgehead atoms. The zero-order valence-corrected chi connectivity index (χ0v) is 17.2. The minimum absolute atomic E-state index is 0.180. The Balaban J connectivity index is 1.60. The van der Waals surface area contributed by atoms with Crippen molar-refractivity contribution in [1.29, 1.82) is 0 Å². The van der Waals surface area contributed by atoms with Crippen molar-refractivity contribution < 1.29 is 9.90 Å². The van der Waals surface area contributed by atoms with Crippen molar-refractivity contribution in [2.45, 2.75) is 45.6 Å². The number of aromatic hydroxyl groups is 1. The number of carbonyl (C=O) groups excluding carboxylic acids is 1. The van der Waals surface area contributed by atoms with E-state index in [1.807, 2.05) is 32.0 Å². The van der Waals surface area contributed by atoms with Crippen LogP contribution in [-0.4, -0.2) is 20.8 Å². The number of nitrogens with one attached hydrogen (secondary N) is 1. The highest BCUT2D eigenvalue weighted by atomic mass is 16.3. The lowest BCUT2D eigenvalue weighted by molar-refractivity contribution is 0.0929. The fraction of sp³-hybridized carbons (Fsp3) is 0.292. The van der Waals surface area contributed by atoms with Gasteiger partial charge >= 0.3 is 0 Å². The van der Waals surface area contributed by atoms with Gasteiger partial charge in [0.05, 0.1) is 11.7 Å². The summed E-state index contributed by atoms with van der Waals surface area (Å²) in [6.07, 6.45) is 4.58. The van der Waals surface area contributed by atoms with E-state index in [1.165, 1.54) is 24.0 Å². The van der Waals surface area contributed by atoms with E-state index in [9.17, 15) is 14.7 Å². The summed E-state index contributed by atoms with van der Waals surface area (Å²) in [5.41, 5.74) is 4.55. The Kier molecular flexibility index (Phi) is 5.40. The van der Waals surface area contributed by atoms with Gasteiger partial charge in [0.25, 0.3) is 11.5 Å². The summed E-state index contributed by atoms with van der Waals surface area (Å²) < 4.78 is 1.13. The van der Waals surface area contributed by atoms with Crippen LogP contribution in [0.5, 0.6) is 5.75 Å². The van der Waals surface area contributed by atoms with Crippen LogP contribution in [0.15, 0.2) is 53.3 Å². The van der Waals surface area contributed by atoms with Gasteiger partial charge in [-0.25, -0.2) is 0 Å². The second-order valence-electron chi connectivity index (χ2n) is 7.90. The van der Waals surface area contributed by atoms with Gasteiger partial charge in [0.2, 0.25) is 0 Å². The fourth-order valence-corrected chi connectivity index (χ4v) is 3.92. The zero-order chi connectivity index (χ0) is 21.3. The maximum absolute atomic E-state index is 12.9. The zero-order valence-electron chi connectivity index (χ0n) is 17.2. The molecule has 0 fully saturated rings. The molecule has 1 heterocycles. The number of fused-ring (bicyclic) bond motifs is 1. The smallest absolute Gasteiger partial charge is 0.276 e. The number of aryl methyl sites for hydroxylation is 3. The number of hydrogen-bond acceptors (Lipinski definition) is 4. The quantitative estimate of drug-likeness (QED) is 0.697. The molecule has 1 atom stereocenters. The number of amides is 1. The molecule has 2 aromatic carbocycles. The highest BCUT2D eigenvalue weighted by Crippen LogP contribution is 2.25. The molecule has 0 aliphatic heterocycles. The molecule has 6 nitrogen and oxygen atoms in total. The fourth-order valence-electron chi connectivity index (χ4n) is 3.92. The van der Waals surface area contributed by atoms with Gasteiger partial charge in [-0.05, 0) is 73.9 Å². The first kappa shape index (κ1) is 19.9. The third-order valence-corrected chi connectivity index (χ3v) is 5.59. The van der Waals surface area contributed by atoms with Gasteiger partial charge in [0.15, 0.2) is 11.4 Å². The van der Waals surface area contributed by atoms with E-state index >= 15 is 0 Å². The van der Waals surface area contributed by atoms with E-state index in [0.29, 0.717) is 5.69 Å². The van der Waals surface area contributed by atoms with E-state index in [1.54, 1.807) is 12.1 Å². The van der Waals surface area contributed by atoms with Crippen molar-refractivity contribution in [3.8, 4) is 11.4 Å². The van der Waals surface area contributed by atoms with Gasteiger partial charge in [-0.2, -0.15) is 9.78 Å². The van der Waals surface area contributed by atoms with Crippen molar-refractivity contribution >= 4 is 5.91 Å². The number of carbonyl (C=O) groups is 1. The Morgan fingerprint density at radius 2 is 1.87 bits per heavy atom. The van der Waals surface area contributed by atoms with Gasteiger partial charge in [-0.15, -0.1) is 0 Å². The predicted octanol–water partition coefficient (Wildman–Crippen LogP) is 3.62. The van der Waals surface area contributed by atoms with Crippen molar-refractivity contribution in [1.82, 2.24) is 15.1 Å². The first-order valence-electron chi connectivity index (χ1n) is 10.3. The number of nitrogens with zero attached hydrogens (tertiary/aromatic N) is 2. The number of aromatic nitrogens is 2. The van der Waals surface area contributed by atoms with Gasteiger partial charge < -0.3 is 10.4 Å². The van der Waals surface area contributed by atoms with Gasteiger partial charge in [-0.1, -0.05) is 30.3 Å². The summed E-state index contributed by atoms with van der Waals surface area (Å²) in [6.45, 7) is 3.80. The average molecular weight is 403 g/mol. The molecular weight excluding hydrogens is 378 g/mol. The van der Waals surface area contributed by atoms with Crippen LogP contribution in [0.1, 0.15) is 58.5 Å². The first-order chi connectivity index (χ1) is 14.4. The minimum atomic E-state index is -0.529.